The normalized spacial score (nSPS) is 13.7. The molecule has 2 aromatic heterocycles. The fraction of sp³-hybridized carbons (Fsp3) is 0.238. The van der Waals surface area contributed by atoms with Crippen molar-refractivity contribution >= 4 is 5.82 Å². The van der Waals surface area contributed by atoms with E-state index in [1.165, 1.54) is 5.56 Å². The number of aryl methyl sites for hydroxylation is 1. The number of hydrogen-bond donors (Lipinski definition) is 1. The lowest BCUT2D eigenvalue weighted by atomic mass is 10.1. The second-order valence-corrected chi connectivity index (χ2v) is 6.49. The number of fused-ring (bicyclic) bond motifs is 1. The van der Waals surface area contributed by atoms with E-state index in [9.17, 15) is 0 Å². The predicted molar refractivity (Wildman–Crippen MR) is 100 cm³/mol. The second-order valence-electron chi connectivity index (χ2n) is 6.49. The Kier molecular flexibility index (Phi) is 4.32. The molecule has 0 bridgehead atoms. The van der Waals surface area contributed by atoms with E-state index >= 15 is 0 Å². The highest BCUT2D eigenvalue weighted by Gasteiger charge is 2.21. The van der Waals surface area contributed by atoms with Crippen molar-refractivity contribution in [2.75, 3.05) is 5.32 Å². The molecule has 5 heteroatoms. The Morgan fingerprint density at radius 1 is 1.12 bits per heavy atom. The Bertz CT molecular complexity index is 975. The molecule has 1 N–H and O–H groups in total. The quantitative estimate of drug-likeness (QED) is 0.774. The maximum atomic E-state index is 9.12. The van der Waals surface area contributed by atoms with Gasteiger partial charge in [0.2, 0.25) is 0 Å². The van der Waals surface area contributed by atoms with Gasteiger partial charge >= 0.3 is 0 Å². The van der Waals surface area contributed by atoms with Crippen LogP contribution in [-0.4, -0.2) is 15.0 Å². The van der Waals surface area contributed by atoms with Gasteiger partial charge in [-0.3, -0.25) is 4.98 Å². The van der Waals surface area contributed by atoms with Crippen LogP contribution in [0, 0.1) is 11.3 Å². The van der Waals surface area contributed by atoms with Gasteiger partial charge in [0.15, 0.2) is 5.82 Å². The van der Waals surface area contributed by atoms with Crippen molar-refractivity contribution in [2.24, 2.45) is 0 Å². The molecule has 1 atom stereocenters. The highest BCUT2D eigenvalue weighted by atomic mass is 15.1. The standard InChI is InChI=1S/C21H19N5/c1-14(16-7-4-6-15(12-16)13-22)24-20-17-8-5-10-18(17)25-21(26-20)19-9-2-3-11-23-19/h2-4,6-7,9,11-12,14H,5,8,10H2,1H3,(H,24,25,26). The molecule has 3 aromatic rings. The predicted octanol–water partition coefficient (Wildman–Crippen LogP) is 4.07. The van der Waals surface area contributed by atoms with E-state index in [4.69, 9.17) is 15.2 Å². The summed E-state index contributed by atoms with van der Waals surface area (Å²) in [5.41, 5.74) is 4.82. The van der Waals surface area contributed by atoms with Crippen molar-refractivity contribution < 1.29 is 0 Å². The molecular weight excluding hydrogens is 322 g/mol. The SMILES string of the molecule is CC(Nc1nc(-c2ccccn2)nc2c1CCC2)c1cccc(C#N)c1. The summed E-state index contributed by atoms with van der Waals surface area (Å²) in [6.45, 7) is 2.08. The first-order valence-electron chi connectivity index (χ1n) is 8.82. The number of anilines is 1. The summed E-state index contributed by atoms with van der Waals surface area (Å²) < 4.78 is 0. The maximum Gasteiger partial charge on any atom is 0.180 e. The van der Waals surface area contributed by atoms with E-state index in [2.05, 4.69) is 23.3 Å². The Labute approximate surface area is 152 Å². The number of rotatable bonds is 4. The van der Waals surface area contributed by atoms with Crippen LogP contribution in [0.3, 0.4) is 0 Å². The first kappa shape index (κ1) is 16.2. The molecule has 0 saturated carbocycles. The van der Waals surface area contributed by atoms with Crippen molar-refractivity contribution in [1.29, 1.82) is 5.26 Å². The highest BCUT2D eigenvalue weighted by molar-refractivity contribution is 5.58. The van der Waals surface area contributed by atoms with Crippen molar-refractivity contribution in [2.45, 2.75) is 32.2 Å². The van der Waals surface area contributed by atoms with E-state index in [-0.39, 0.29) is 6.04 Å². The van der Waals surface area contributed by atoms with Crippen LogP contribution in [0.1, 0.15) is 41.8 Å². The lowest BCUT2D eigenvalue weighted by molar-refractivity contribution is 0.863. The average molecular weight is 341 g/mol. The molecule has 26 heavy (non-hydrogen) atoms. The van der Waals surface area contributed by atoms with Crippen LogP contribution in [-0.2, 0) is 12.8 Å². The zero-order chi connectivity index (χ0) is 17.9. The van der Waals surface area contributed by atoms with E-state index in [1.54, 1.807) is 6.20 Å². The van der Waals surface area contributed by atoms with Gasteiger partial charge in [0.05, 0.1) is 11.6 Å². The van der Waals surface area contributed by atoms with Gasteiger partial charge in [-0.25, -0.2) is 9.97 Å². The monoisotopic (exact) mass is 341 g/mol. The molecule has 0 saturated heterocycles. The van der Waals surface area contributed by atoms with E-state index in [0.29, 0.717) is 11.4 Å². The third-order valence-corrected chi connectivity index (χ3v) is 4.70. The molecule has 0 aliphatic heterocycles. The van der Waals surface area contributed by atoms with Crippen LogP contribution in [0.15, 0.2) is 48.7 Å². The van der Waals surface area contributed by atoms with Crippen LogP contribution in [0.4, 0.5) is 5.82 Å². The summed E-state index contributed by atoms with van der Waals surface area (Å²) in [5, 5.41) is 12.7. The molecule has 0 fully saturated rings. The molecule has 5 nitrogen and oxygen atoms in total. The molecule has 0 spiro atoms. The van der Waals surface area contributed by atoms with Crippen LogP contribution < -0.4 is 5.32 Å². The van der Waals surface area contributed by atoms with Crippen molar-refractivity contribution in [3.05, 3.63) is 71.0 Å². The van der Waals surface area contributed by atoms with Gasteiger partial charge in [-0.15, -0.1) is 0 Å². The fourth-order valence-electron chi connectivity index (χ4n) is 3.33. The Morgan fingerprint density at radius 2 is 2.04 bits per heavy atom. The molecule has 1 aliphatic carbocycles. The van der Waals surface area contributed by atoms with Crippen LogP contribution >= 0.6 is 0 Å². The van der Waals surface area contributed by atoms with E-state index in [0.717, 1.165) is 42.0 Å². The lowest BCUT2D eigenvalue weighted by Gasteiger charge is -2.18. The number of pyridine rings is 1. The van der Waals surface area contributed by atoms with E-state index in [1.807, 2.05) is 42.5 Å². The molecule has 0 radical (unpaired) electrons. The number of nitrogens with one attached hydrogen (secondary N) is 1. The first-order valence-corrected chi connectivity index (χ1v) is 8.82. The Balaban J connectivity index is 1.69. The van der Waals surface area contributed by atoms with Crippen molar-refractivity contribution in [1.82, 2.24) is 15.0 Å². The number of nitriles is 1. The Hall–Kier alpha value is -3.26. The third-order valence-electron chi connectivity index (χ3n) is 4.70. The minimum Gasteiger partial charge on any atom is -0.363 e. The zero-order valence-corrected chi connectivity index (χ0v) is 14.6. The van der Waals surface area contributed by atoms with Gasteiger partial charge in [0.25, 0.3) is 0 Å². The van der Waals surface area contributed by atoms with E-state index < -0.39 is 0 Å². The Morgan fingerprint density at radius 3 is 2.85 bits per heavy atom. The van der Waals surface area contributed by atoms with Gasteiger partial charge in [0.1, 0.15) is 11.5 Å². The topological polar surface area (TPSA) is 74.5 Å². The molecule has 2 heterocycles. The third kappa shape index (κ3) is 3.14. The zero-order valence-electron chi connectivity index (χ0n) is 14.6. The molecule has 1 unspecified atom stereocenters. The number of hydrogen-bond acceptors (Lipinski definition) is 5. The van der Waals surface area contributed by atoms with Gasteiger partial charge < -0.3 is 5.32 Å². The molecule has 128 valence electrons. The second kappa shape index (κ2) is 6.93. The molecule has 4 rings (SSSR count). The minimum atomic E-state index is 0.0412. The summed E-state index contributed by atoms with van der Waals surface area (Å²) in [7, 11) is 0. The fourth-order valence-corrected chi connectivity index (χ4v) is 3.33. The minimum absolute atomic E-state index is 0.0412. The van der Waals surface area contributed by atoms with Crippen molar-refractivity contribution in [3.8, 4) is 17.6 Å². The molecular formula is C21H19N5. The summed E-state index contributed by atoms with van der Waals surface area (Å²) in [4.78, 5) is 13.9. The largest absolute Gasteiger partial charge is 0.363 e. The summed E-state index contributed by atoms with van der Waals surface area (Å²) >= 11 is 0. The summed E-state index contributed by atoms with van der Waals surface area (Å²) in [5.74, 6) is 1.54. The van der Waals surface area contributed by atoms with Crippen LogP contribution in [0.25, 0.3) is 11.5 Å². The first-order chi connectivity index (χ1) is 12.7. The maximum absolute atomic E-state index is 9.12. The van der Waals surface area contributed by atoms with Gasteiger partial charge in [-0.2, -0.15) is 5.26 Å². The summed E-state index contributed by atoms with van der Waals surface area (Å²) in [6.07, 6.45) is 4.83. The van der Waals surface area contributed by atoms with Gasteiger partial charge in [-0.05, 0) is 56.0 Å². The summed E-state index contributed by atoms with van der Waals surface area (Å²) in [6, 6.07) is 15.7. The number of aromatic nitrogens is 3. The number of nitrogens with zero attached hydrogens (tertiary/aromatic N) is 4. The molecule has 1 aromatic carbocycles. The lowest BCUT2D eigenvalue weighted by Crippen LogP contribution is -2.12. The average Bonchev–Trinajstić information content (AvgIpc) is 3.17. The van der Waals surface area contributed by atoms with Gasteiger partial charge in [0, 0.05) is 23.5 Å². The van der Waals surface area contributed by atoms with Crippen molar-refractivity contribution in [3.63, 3.8) is 0 Å². The van der Waals surface area contributed by atoms with Gasteiger partial charge in [-0.1, -0.05) is 18.2 Å². The van der Waals surface area contributed by atoms with Crippen LogP contribution in [0.5, 0.6) is 0 Å². The smallest absolute Gasteiger partial charge is 0.180 e. The molecule has 1 aliphatic rings. The molecule has 0 amide bonds. The number of benzene rings is 1. The highest BCUT2D eigenvalue weighted by Crippen LogP contribution is 2.31. The van der Waals surface area contributed by atoms with Crippen LogP contribution in [0.2, 0.25) is 0 Å².